The maximum atomic E-state index is 13.5. The molecule has 0 saturated carbocycles. The molecular formula is C26H24BrN3O2. The number of aryl methyl sites for hydroxylation is 1. The number of para-hydroxylation sites is 1. The van der Waals surface area contributed by atoms with Crippen molar-refractivity contribution >= 4 is 38.6 Å². The molecular weight excluding hydrogens is 466 g/mol. The lowest BCUT2D eigenvalue weighted by molar-refractivity contribution is 0.193. The summed E-state index contributed by atoms with van der Waals surface area (Å²) in [4.78, 5) is 19.0. The summed E-state index contributed by atoms with van der Waals surface area (Å²) < 4.78 is 6.36. The van der Waals surface area contributed by atoms with E-state index in [2.05, 4.69) is 44.4 Å². The third kappa shape index (κ3) is 3.65. The van der Waals surface area contributed by atoms with Crippen LogP contribution in [0.1, 0.15) is 28.4 Å². The number of aromatic nitrogens is 1. The number of methoxy groups -OCH3 is 1. The average molecular weight is 490 g/mol. The highest BCUT2D eigenvalue weighted by Gasteiger charge is 2.34. The number of aromatic amines is 1. The molecule has 5 nitrogen and oxygen atoms in total. The number of hydrogen-bond donors (Lipinski definition) is 2. The maximum Gasteiger partial charge on any atom is 0.322 e. The highest BCUT2D eigenvalue weighted by Crippen LogP contribution is 2.39. The average Bonchev–Trinajstić information content (AvgIpc) is 3.19. The van der Waals surface area contributed by atoms with Gasteiger partial charge in [-0.3, -0.25) is 0 Å². The summed E-state index contributed by atoms with van der Waals surface area (Å²) in [5.41, 5.74) is 6.36. The molecule has 1 aliphatic rings. The van der Waals surface area contributed by atoms with Gasteiger partial charge in [0.1, 0.15) is 5.75 Å². The van der Waals surface area contributed by atoms with Crippen LogP contribution in [0.4, 0.5) is 10.5 Å². The maximum absolute atomic E-state index is 13.5. The molecule has 5 rings (SSSR count). The number of fused-ring (bicyclic) bond motifs is 3. The highest BCUT2D eigenvalue weighted by molar-refractivity contribution is 9.10. The van der Waals surface area contributed by atoms with Gasteiger partial charge in [-0.2, -0.15) is 0 Å². The fraction of sp³-hybridized carbons (Fsp3) is 0.192. The lowest BCUT2D eigenvalue weighted by Gasteiger charge is -2.36. The molecule has 0 spiro atoms. The van der Waals surface area contributed by atoms with Gasteiger partial charge >= 0.3 is 6.03 Å². The molecule has 0 saturated heterocycles. The Morgan fingerprint density at radius 2 is 1.91 bits per heavy atom. The number of rotatable bonds is 3. The fourth-order valence-electron chi connectivity index (χ4n) is 4.51. The van der Waals surface area contributed by atoms with Gasteiger partial charge in [-0.15, -0.1) is 0 Å². The van der Waals surface area contributed by atoms with Crippen LogP contribution in [0.5, 0.6) is 5.75 Å². The van der Waals surface area contributed by atoms with Gasteiger partial charge in [-0.25, -0.2) is 4.79 Å². The van der Waals surface area contributed by atoms with Gasteiger partial charge in [0, 0.05) is 33.3 Å². The normalized spacial score (nSPS) is 15.5. The van der Waals surface area contributed by atoms with E-state index in [1.54, 1.807) is 7.11 Å². The number of anilines is 1. The topological polar surface area (TPSA) is 57.4 Å². The lowest BCUT2D eigenvalue weighted by Crippen LogP contribution is -2.43. The van der Waals surface area contributed by atoms with Crippen LogP contribution in [0.25, 0.3) is 10.9 Å². The molecule has 2 amide bonds. The Bertz CT molecular complexity index is 1300. The van der Waals surface area contributed by atoms with Crippen molar-refractivity contribution in [2.24, 2.45) is 0 Å². The van der Waals surface area contributed by atoms with Crippen molar-refractivity contribution < 1.29 is 9.53 Å². The summed E-state index contributed by atoms with van der Waals surface area (Å²) in [6, 6.07) is 21.8. The number of benzene rings is 3. The third-order valence-electron chi connectivity index (χ3n) is 6.14. The fourth-order valence-corrected chi connectivity index (χ4v) is 4.76. The minimum Gasteiger partial charge on any atom is -0.497 e. The molecule has 4 aromatic rings. The van der Waals surface area contributed by atoms with Crippen LogP contribution in [0, 0.1) is 6.92 Å². The lowest BCUT2D eigenvalue weighted by atomic mass is 9.92. The standard InChI is InChI=1S/C26H24BrN3O2/c1-16-15-18(9-12-22(16)27)28-26(31)30-14-13-21-20-5-3-4-6-23(20)29-24(21)25(30)17-7-10-19(32-2)11-8-17/h3-12,15,25,29H,13-14H2,1-2H3,(H,28,31). The van der Waals surface area contributed by atoms with Crippen LogP contribution in [0.3, 0.4) is 0 Å². The summed E-state index contributed by atoms with van der Waals surface area (Å²) in [5.74, 6) is 0.794. The zero-order valence-electron chi connectivity index (χ0n) is 18.0. The van der Waals surface area contributed by atoms with Crippen LogP contribution in [0.2, 0.25) is 0 Å². The van der Waals surface area contributed by atoms with E-state index >= 15 is 0 Å². The second-order valence-corrected chi connectivity index (χ2v) is 8.93. The second-order valence-electron chi connectivity index (χ2n) is 8.08. The van der Waals surface area contributed by atoms with Crippen LogP contribution >= 0.6 is 15.9 Å². The Labute approximate surface area is 195 Å². The summed E-state index contributed by atoms with van der Waals surface area (Å²) in [6.45, 7) is 2.64. The Morgan fingerprint density at radius 3 is 2.66 bits per heavy atom. The Hall–Kier alpha value is -3.25. The minimum absolute atomic E-state index is 0.114. The summed E-state index contributed by atoms with van der Waals surface area (Å²) in [5, 5.41) is 4.32. The van der Waals surface area contributed by atoms with Gasteiger partial charge in [0.25, 0.3) is 0 Å². The molecule has 6 heteroatoms. The van der Waals surface area contributed by atoms with Crippen LogP contribution in [-0.4, -0.2) is 29.6 Å². The number of halogens is 1. The Kier molecular flexibility index (Phi) is 5.39. The van der Waals surface area contributed by atoms with E-state index in [1.807, 2.05) is 60.4 Å². The van der Waals surface area contributed by atoms with E-state index in [0.717, 1.165) is 44.7 Å². The van der Waals surface area contributed by atoms with Crippen LogP contribution in [0.15, 0.2) is 71.2 Å². The van der Waals surface area contributed by atoms with E-state index in [1.165, 1.54) is 10.9 Å². The number of hydrogen-bond acceptors (Lipinski definition) is 2. The van der Waals surface area contributed by atoms with Gasteiger partial charge in [0.2, 0.25) is 0 Å². The predicted octanol–water partition coefficient (Wildman–Crippen LogP) is 6.43. The Balaban J connectivity index is 1.55. The summed E-state index contributed by atoms with van der Waals surface area (Å²) in [7, 11) is 1.66. The van der Waals surface area contributed by atoms with Crippen molar-refractivity contribution in [2.45, 2.75) is 19.4 Å². The van der Waals surface area contributed by atoms with Crippen molar-refractivity contribution in [2.75, 3.05) is 19.0 Å². The molecule has 0 radical (unpaired) electrons. The molecule has 1 unspecified atom stereocenters. The van der Waals surface area contributed by atoms with E-state index in [9.17, 15) is 4.79 Å². The SMILES string of the molecule is COc1ccc(C2c3[nH]c4ccccc4c3CCN2C(=O)Nc2ccc(Br)c(C)c2)cc1. The quantitative estimate of drug-likeness (QED) is 0.348. The van der Waals surface area contributed by atoms with Crippen molar-refractivity contribution in [3.05, 3.63) is 93.6 Å². The molecule has 1 aromatic heterocycles. The van der Waals surface area contributed by atoms with Gasteiger partial charge in [0.15, 0.2) is 0 Å². The highest BCUT2D eigenvalue weighted by atomic mass is 79.9. The number of nitrogens with zero attached hydrogens (tertiary/aromatic N) is 1. The molecule has 32 heavy (non-hydrogen) atoms. The molecule has 0 bridgehead atoms. The number of carbonyl (C=O) groups excluding carboxylic acids is 1. The first-order valence-corrected chi connectivity index (χ1v) is 11.4. The molecule has 0 fully saturated rings. The zero-order valence-corrected chi connectivity index (χ0v) is 19.6. The van der Waals surface area contributed by atoms with Gasteiger partial charge in [-0.05, 0) is 66.4 Å². The van der Waals surface area contributed by atoms with E-state index in [4.69, 9.17) is 4.74 Å². The van der Waals surface area contributed by atoms with Crippen molar-refractivity contribution in [3.63, 3.8) is 0 Å². The minimum atomic E-state index is -0.214. The molecule has 1 aliphatic heterocycles. The summed E-state index contributed by atoms with van der Waals surface area (Å²) in [6.07, 6.45) is 0.804. The van der Waals surface area contributed by atoms with E-state index < -0.39 is 0 Å². The number of urea groups is 1. The monoisotopic (exact) mass is 489 g/mol. The van der Waals surface area contributed by atoms with Crippen LogP contribution in [-0.2, 0) is 6.42 Å². The molecule has 3 aromatic carbocycles. The summed E-state index contributed by atoms with van der Waals surface area (Å²) >= 11 is 3.52. The van der Waals surface area contributed by atoms with Gasteiger partial charge < -0.3 is 19.9 Å². The molecule has 2 heterocycles. The number of carbonyl (C=O) groups is 1. The molecule has 1 atom stereocenters. The second kappa shape index (κ2) is 8.36. The van der Waals surface area contributed by atoms with Gasteiger partial charge in [-0.1, -0.05) is 46.3 Å². The largest absolute Gasteiger partial charge is 0.497 e. The van der Waals surface area contributed by atoms with Crippen molar-refractivity contribution in [1.29, 1.82) is 0 Å². The molecule has 0 aliphatic carbocycles. The first kappa shape index (κ1) is 20.6. The number of nitrogens with one attached hydrogen (secondary N) is 2. The first-order valence-electron chi connectivity index (χ1n) is 10.6. The number of H-pyrrole nitrogens is 1. The van der Waals surface area contributed by atoms with E-state index in [0.29, 0.717) is 6.54 Å². The zero-order chi connectivity index (χ0) is 22.2. The Morgan fingerprint density at radius 1 is 1.12 bits per heavy atom. The molecule has 162 valence electrons. The van der Waals surface area contributed by atoms with Gasteiger partial charge in [0.05, 0.1) is 13.2 Å². The van der Waals surface area contributed by atoms with Crippen LogP contribution < -0.4 is 10.1 Å². The third-order valence-corrected chi connectivity index (χ3v) is 7.03. The first-order chi connectivity index (χ1) is 15.5. The molecule has 2 N–H and O–H groups in total. The van der Waals surface area contributed by atoms with Crippen molar-refractivity contribution in [1.82, 2.24) is 9.88 Å². The van der Waals surface area contributed by atoms with Crippen molar-refractivity contribution in [3.8, 4) is 5.75 Å². The van der Waals surface area contributed by atoms with E-state index in [-0.39, 0.29) is 12.1 Å². The number of ether oxygens (including phenoxy) is 1. The predicted molar refractivity (Wildman–Crippen MR) is 131 cm³/mol. The number of amides is 2. The smallest absolute Gasteiger partial charge is 0.322 e.